The fraction of sp³-hybridized carbons (Fsp3) is 0.524. The number of aliphatic hydroxyl groups excluding tert-OH is 1. The average Bonchev–Trinajstić information content (AvgIpc) is 3.38. The first-order valence-electron chi connectivity index (χ1n) is 10.3. The molecule has 0 aliphatic carbocycles. The number of nitrogens with zero attached hydrogens (tertiary/aromatic N) is 4. The van der Waals surface area contributed by atoms with Crippen LogP contribution in [0.1, 0.15) is 19.8 Å². The summed E-state index contributed by atoms with van der Waals surface area (Å²) in [4.78, 5) is 22.9. The van der Waals surface area contributed by atoms with Crippen LogP contribution in [0.3, 0.4) is 0 Å². The van der Waals surface area contributed by atoms with E-state index < -0.39 is 0 Å². The van der Waals surface area contributed by atoms with Crippen LogP contribution < -0.4 is 4.90 Å². The smallest absolute Gasteiger partial charge is 0.325 e. The quantitative estimate of drug-likeness (QED) is 0.729. The van der Waals surface area contributed by atoms with E-state index in [0.717, 1.165) is 42.7 Å². The third-order valence-corrected chi connectivity index (χ3v) is 6.68. The number of quaternary nitrogens is 1. The van der Waals surface area contributed by atoms with Crippen LogP contribution >= 0.6 is 0 Å². The number of aliphatic hydroxyl groups is 1. The second-order valence-corrected chi connectivity index (χ2v) is 8.01. The van der Waals surface area contributed by atoms with Crippen LogP contribution in [-0.2, 0) is 4.84 Å². The first kappa shape index (κ1) is 19.9. The van der Waals surface area contributed by atoms with Crippen LogP contribution in [0.15, 0.2) is 36.7 Å². The Kier molecular flexibility index (Phi) is 5.33. The Hall–Kier alpha value is -2.42. The molecular weight excluding hydrogens is 370 g/mol. The van der Waals surface area contributed by atoms with Crippen molar-refractivity contribution in [2.75, 3.05) is 51.3 Å². The summed E-state index contributed by atoms with van der Waals surface area (Å²) in [6.07, 6.45) is 5.38. The number of aromatic nitrogens is 2. The van der Waals surface area contributed by atoms with Crippen molar-refractivity contribution in [1.29, 1.82) is 0 Å². The highest BCUT2D eigenvalue weighted by Gasteiger charge is 2.54. The minimum atomic E-state index is -0.176. The number of hydrogen-bond donors (Lipinski definition) is 2. The predicted octanol–water partition coefficient (Wildman–Crippen LogP) is 2.24. The van der Waals surface area contributed by atoms with E-state index in [0.29, 0.717) is 24.3 Å². The number of carbonyl (C=O) groups excluding carboxylic acids is 1. The number of hydroxylamine groups is 3. The summed E-state index contributed by atoms with van der Waals surface area (Å²) in [5.74, 6) is 0. The highest BCUT2D eigenvalue weighted by Crippen LogP contribution is 2.40. The zero-order chi connectivity index (χ0) is 20.5. The van der Waals surface area contributed by atoms with Crippen LogP contribution in [0, 0.1) is 0 Å². The van der Waals surface area contributed by atoms with Crippen molar-refractivity contribution < 1.29 is 19.4 Å². The van der Waals surface area contributed by atoms with Gasteiger partial charge in [-0.25, -0.2) is 9.63 Å². The molecule has 1 spiro atoms. The Morgan fingerprint density at radius 2 is 1.97 bits per heavy atom. The van der Waals surface area contributed by atoms with Gasteiger partial charge in [-0.1, -0.05) is 12.1 Å². The van der Waals surface area contributed by atoms with Gasteiger partial charge in [0, 0.05) is 36.8 Å². The molecule has 0 bridgehead atoms. The molecule has 0 saturated carbocycles. The van der Waals surface area contributed by atoms with Crippen LogP contribution in [0.5, 0.6) is 0 Å². The number of likely N-dealkylation sites (tertiary alicyclic amines) is 1. The number of hydrogen-bond acceptors (Lipinski definition) is 4. The summed E-state index contributed by atoms with van der Waals surface area (Å²) in [6, 6.07) is 8.16. The van der Waals surface area contributed by atoms with E-state index >= 15 is 0 Å². The maximum Gasteiger partial charge on any atom is 0.325 e. The molecule has 2 saturated heterocycles. The number of H-pyrrole nitrogens is 1. The van der Waals surface area contributed by atoms with Crippen molar-refractivity contribution >= 4 is 11.7 Å². The van der Waals surface area contributed by atoms with Gasteiger partial charge in [-0.3, -0.25) is 10.00 Å². The second kappa shape index (κ2) is 7.78. The van der Waals surface area contributed by atoms with Gasteiger partial charge in [-0.05, 0) is 24.6 Å². The normalized spacial score (nSPS) is 27.2. The molecule has 2 fully saturated rings. The fourth-order valence-electron chi connectivity index (χ4n) is 4.88. The molecule has 0 radical (unpaired) electrons. The van der Waals surface area contributed by atoms with E-state index in [4.69, 9.17) is 4.84 Å². The maximum absolute atomic E-state index is 13.2. The van der Waals surface area contributed by atoms with Crippen molar-refractivity contribution in [2.24, 2.45) is 0 Å². The Balaban J connectivity index is 1.54. The zero-order valence-corrected chi connectivity index (χ0v) is 17.2. The molecule has 0 unspecified atom stereocenters. The molecule has 2 aromatic rings. The van der Waals surface area contributed by atoms with E-state index in [1.807, 2.05) is 47.2 Å². The van der Waals surface area contributed by atoms with Crippen molar-refractivity contribution in [2.45, 2.75) is 25.3 Å². The number of aromatic amines is 1. The number of piperidine rings is 1. The molecule has 2 aliphatic rings. The Morgan fingerprint density at radius 1 is 1.24 bits per heavy atom. The first-order chi connectivity index (χ1) is 14.1. The molecule has 2 amide bonds. The predicted molar refractivity (Wildman–Crippen MR) is 110 cm³/mol. The van der Waals surface area contributed by atoms with Gasteiger partial charge < -0.3 is 10.0 Å². The van der Waals surface area contributed by atoms with Crippen LogP contribution in [0.25, 0.3) is 11.1 Å². The van der Waals surface area contributed by atoms with E-state index in [1.54, 1.807) is 13.3 Å². The molecule has 3 heterocycles. The number of anilines is 1. The van der Waals surface area contributed by atoms with Gasteiger partial charge in [-0.15, -0.1) is 0 Å². The first-order valence-corrected chi connectivity index (χ1v) is 10.3. The van der Waals surface area contributed by atoms with Gasteiger partial charge in [0.1, 0.15) is 19.6 Å². The molecule has 0 atom stereocenters. The number of amides is 2. The number of urea groups is 1. The third-order valence-electron chi connectivity index (χ3n) is 6.68. The van der Waals surface area contributed by atoms with Crippen LogP contribution in [-0.4, -0.2) is 82.9 Å². The summed E-state index contributed by atoms with van der Waals surface area (Å²) in [5, 5.41) is 16.2. The number of benzene rings is 1. The lowest BCUT2D eigenvalue weighted by Gasteiger charge is -2.46. The van der Waals surface area contributed by atoms with Gasteiger partial charge in [0.25, 0.3) is 0 Å². The molecule has 29 heavy (non-hydrogen) atoms. The lowest BCUT2D eigenvalue weighted by atomic mass is 9.86. The summed E-state index contributed by atoms with van der Waals surface area (Å²) in [6.45, 7) is 5.72. The fourth-order valence-corrected chi connectivity index (χ4v) is 4.88. The van der Waals surface area contributed by atoms with Crippen LogP contribution in [0.4, 0.5) is 10.5 Å². The van der Waals surface area contributed by atoms with Crippen molar-refractivity contribution in [3.05, 3.63) is 36.7 Å². The Bertz CT molecular complexity index is 829. The van der Waals surface area contributed by atoms with Gasteiger partial charge in [0.2, 0.25) is 0 Å². The largest absolute Gasteiger partial charge is 0.390 e. The Labute approximate surface area is 171 Å². The standard InChI is InChI=1S/C21H30N5O3/c1-3-25-20(28)24(19-6-4-17(5-7-19)18-14-22-23-15-18)16-21(25)8-10-26(29-2,11-9-21)12-13-27/h4-7,14-15,27H,3,8-13,16H2,1-2H3,(H,22,23)/q+1. The van der Waals surface area contributed by atoms with Crippen LogP contribution in [0.2, 0.25) is 0 Å². The van der Waals surface area contributed by atoms with Gasteiger partial charge in [0.05, 0.1) is 32.0 Å². The number of rotatable bonds is 6. The second-order valence-electron chi connectivity index (χ2n) is 8.01. The summed E-state index contributed by atoms with van der Waals surface area (Å²) < 4.78 is 0.462. The molecule has 1 aromatic carbocycles. The molecular formula is C21H30N5O3+. The number of nitrogens with one attached hydrogen (secondary N) is 1. The van der Waals surface area contributed by atoms with Gasteiger partial charge in [0.15, 0.2) is 0 Å². The van der Waals surface area contributed by atoms with Gasteiger partial charge >= 0.3 is 6.03 Å². The zero-order valence-electron chi connectivity index (χ0n) is 17.2. The maximum atomic E-state index is 13.2. The summed E-state index contributed by atoms with van der Waals surface area (Å²) in [5.41, 5.74) is 2.84. The molecule has 8 heteroatoms. The number of likely N-dealkylation sites (N-methyl/N-ethyl adjacent to an activating group) is 1. The topological polar surface area (TPSA) is 81.7 Å². The highest BCUT2D eigenvalue weighted by molar-refractivity contribution is 5.95. The minimum Gasteiger partial charge on any atom is -0.390 e. The minimum absolute atomic E-state index is 0.0723. The number of carbonyl (C=O) groups is 1. The Morgan fingerprint density at radius 3 is 2.52 bits per heavy atom. The molecule has 156 valence electrons. The summed E-state index contributed by atoms with van der Waals surface area (Å²) in [7, 11) is 1.71. The van der Waals surface area contributed by atoms with E-state index in [1.165, 1.54) is 0 Å². The molecule has 1 aromatic heterocycles. The van der Waals surface area contributed by atoms with E-state index in [-0.39, 0.29) is 18.2 Å². The van der Waals surface area contributed by atoms with Gasteiger partial charge in [-0.2, -0.15) is 9.75 Å². The van der Waals surface area contributed by atoms with E-state index in [2.05, 4.69) is 10.2 Å². The van der Waals surface area contributed by atoms with Crippen molar-refractivity contribution in [3.63, 3.8) is 0 Å². The van der Waals surface area contributed by atoms with E-state index in [9.17, 15) is 9.90 Å². The average molecular weight is 401 g/mol. The molecule has 8 nitrogen and oxygen atoms in total. The molecule has 4 rings (SSSR count). The van der Waals surface area contributed by atoms with Crippen molar-refractivity contribution in [1.82, 2.24) is 15.1 Å². The molecule has 2 aliphatic heterocycles. The highest BCUT2D eigenvalue weighted by atomic mass is 16.7. The monoisotopic (exact) mass is 400 g/mol. The molecule has 2 N–H and O–H groups in total. The summed E-state index contributed by atoms with van der Waals surface area (Å²) >= 11 is 0. The van der Waals surface area contributed by atoms with Crippen molar-refractivity contribution in [3.8, 4) is 11.1 Å². The lowest BCUT2D eigenvalue weighted by Crippen LogP contribution is -2.62. The SMILES string of the molecule is CCN1C(=O)N(c2ccc(-c3cn[nH]c3)cc2)CC12CC[N+](CCO)(OC)CC2. The third kappa shape index (κ3) is 3.41. The lowest BCUT2D eigenvalue weighted by molar-refractivity contribution is -1.10.